The van der Waals surface area contributed by atoms with Gasteiger partial charge in [0.2, 0.25) is 0 Å². The van der Waals surface area contributed by atoms with Gasteiger partial charge in [-0.05, 0) is 202 Å². The van der Waals surface area contributed by atoms with Crippen molar-refractivity contribution in [3.63, 3.8) is 0 Å². The lowest BCUT2D eigenvalue weighted by molar-refractivity contribution is 1.18. The number of benzene rings is 18. The van der Waals surface area contributed by atoms with E-state index in [0.29, 0.717) is 0 Å². The molecule has 0 unspecified atom stereocenters. The first kappa shape index (κ1) is 54.9. The van der Waals surface area contributed by atoms with Crippen LogP contribution in [0.3, 0.4) is 0 Å². The van der Waals surface area contributed by atoms with Crippen LogP contribution in [0.5, 0.6) is 0 Å². The summed E-state index contributed by atoms with van der Waals surface area (Å²) in [5, 5.41) is 24.8. The van der Waals surface area contributed by atoms with Crippen molar-refractivity contribution in [1.82, 2.24) is 18.3 Å². The number of rotatable bonds is 7. The monoisotopic (exact) mass is 1270 g/mol. The summed E-state index contributed by atoms with van der Waals surface area (Å²) < 4.78 is 9.84. The summed E-state index contributed by atoms with van der Waals surface area (Å²) in [5.41, 5.74) is 21.2. The first-order valence-electron chi connectivity index (χ1n) is 34.6. The number of fused-ring (bicyclic) bond motifs is 23. The molecule has 18 aromatic carbocycles. The van der Waals surface area contributed by atoms with Crippen molar-refractivity contribution in [1.29, 1.82) is 0 Å². The van der Waals surface area contributed by atoms with Gasteiger partial charge in [0.25, 0.3) is 0 Å². The van der Waals surface area contributed by atoms with E-state index in [0.717, 1.165) is 28.1 Å². The average Bonchev–Trinajstić information content (AvgIpc) is 1.45. The molecular formula is C96H58N4. The van der Waals surface area contributed by atoms with Crippen LogP contribution in [0.2, 0.25) is 0 Å². The third-order valence-electron chi connectivity index (χ3n) is 21.9. The summed E-state index contributed by atoms with van der Waals surface area (Å²) in [6.45, 7) is 0. The van der Waals surface area contributed by atoms with Crippen molar-refractivity contribution in [3.8, 4) is 56.1 Å². The SMILES string of the molecule is c1ccc(-n2c3ccccc3c3cc(-c4ccc5c6ccccc6n(-c6cc7ccc8cc(-c9cccc%10c9c9ccc(-c%11ccc%12c(c%11)c%11ccccc%11n%12-c%11ccccc%11)cc9n%10-c9ccc%10c%11ccccc%11c%11ccccc%11c%10c9)ccc8c7c7ccccc67)c5c4)ccc32)cc1. The molecule has 0 N–H and O–H groups in total. The fraction of sp³-hybridized carbons (Fsp3) is 0. The summed E-state index contributed by atoms with van der Waals surface area (Å²) in [6, 6.07) is 132. The molecule has 0 saturated heterocycles. The normalized spacial score (nSPS) is 12.2. The van der Waals surface area contributed by atoms with E-state index in [1.54, 1.807) is 0 Å². The molecule has 0 aliphatic heterocycles. The summed E-state index contributed by atoms with van der Waals surface area (Å²) in [7, 11) is 0. The minimum absolute atomic E-state index is 1.13. The lowest BCUT2D eigenvalue weighted by atomic mass is 9.92. The highest BCUT2D eigenvalue weighted by Gasteiger charge is 2.23. The fourth-order valence-corrected chi connectivity index (χ4v) is 17.5. The molecule has 22 aromatic rings. The number of nitrogens with zero attached hydrogens (tertiary/aromatic N) is 4. The molecule has 462 valence electrons. The lowest BCUT2D eigenvalue weighted by Crippen LogP contribution is -1.97. The van der Waals surface area contributed by atoms with Crippen LogP contribution in [0.15, 0.2) is 352 Å². The average molecular weight is 1270 g/mol. The molecule has 22 rings (SSSR count). The summed E-state index contributed by atoms with van der Waals surface area (Å²) in [4.78, 5) is 0. The Morgan fingerprint density at radius 1 is 0.150 bits per heavy atom. The van der Waals surface area contributed by atoms with E-state index in [2.05, 4.69) is 370 Å². The summed E-state index contributed by atoms with van der Waals surface area (Å²) in [6.07, 6.45) is 0. The highest BCUT2D eigenvalue weighted by Crippen LogP contribution is 2.47. The first-order valence-corrected chi connectivity index (χ1v) is 34.6. The zero-order valence-electron chi connectivity index (χ0n) is 54.3. The van der Waals surface area contributed by atoms with Gasteiger partial charge in [-0.25, -0.2) is 0 Å². The Morgan fingerprint density at radius 3 is 1.16 bits per heavy atom. The Hall–Kier alpha value is -13.3. The van der Waals surface area contributed by atoms with E-state index in [1.165, 1.54) is 180 Å². The Bertz CT molecular complexity index is 7230. The smallest absolute Gasteiger partial charge is 0.0547 e. The van der Waals surface area contributed by atoms with Gasteiger partial charge >= 0.3 is 0 Å². The maximum absolute atomic E-state index is 2.53. The highest BCUT2D eigenvalue weighted by molar-refractivity contribution is 6.27. The minimum atomic E-state index is 1.13. The molecule has 4 heterocycles. The molecule has 0 bridgehead atoms. The summed E-state index contributed by atoms with van der Waals surface area (Å²) >= 11 is 0. The molecule has 0 aliphatic carbocycles. The second-order valence-corrected chi connectivity index (χ2v) is 27.1. The van der Waals surface area contributed by atoms with Crippen LogP contribution in [0.1, 0.15) is 0 Å². The third kappa shape index (κ3) is 7.93. The van der Waals surface area contributed by atoms with Crippen molar-refractivity contribution in [3.05, 3.63) is 352 Å². The standard InChI is InChI=1S/C96H58N4/c1-3-20-66(21-4-1)97-86-34-16-14-30-78(86)84-53-59(43-50-89(84)97)61-40-47-80-76-28-13-18-36-88(76)100(92(80)55-61)93-57-65-39-38-63-52-64(42-46-70(63)95(65)81-32-12-11-29-77(81)93)69-33-19-37-91-96(69)82-48-41-62(60-44-51-90-85(54-60)79-31-15-17-35-87(79)98(90)67-22-5-2-6-23-67)56-94(82)99(91)68-45-49-75-73-26-8-7-24-71(73)72-25-9-10-27-74(72)83(75)58-68/h1-58H. The number of hydrogen-bond acceptors (Lipinski definition) is 0. The van der Waals surface area contributed by atoms with Gasteiger partial charge in [0.1, 0.15) is 0 Å². The van der Waals surface area contributed by atoms with Crippen molar-refractivity contribution in [2.75, 3.05) is 0 Å². The Kier molecular flexibility index (Phi) is 11.6. The fourth-order valence-electron chi connectivity index (χ4n) is 17.5. The van der Waals surface area contributed by atoms with Crippen LogP contribution in [0.4, 0.5) is 0 Å². The number of para-hydroxylation sites is 5. The van der Waals surface area contributed by atoms with E-state index in [-0.39, 0.29) is 0 Å². The molecule has 0 amide bonds. The van der Waals surface area contributed by atoms with E-state index < -0.39 is 0 Å². The molecule has 0 fully saturated rings. The predicted molar refractivity (Wildman–Crippen MR) is 425 cm³/mol. The maximum atomic E-state index is 2.53. The van der Waals surface area contributed by atoms with Crippen LogP contribution in [-0.2, 0) is 0 Å². The van der Waals surface area contributed by atoms with Crippen LogP contribution in [0.25, 0.3) is 208 Å². The van der Waals surface area contributed by atoms with Gasteiger partial charge in [0.15, 0.2) is 0 Å². The van der Waals surface area contributed by atoms with Gasteiger partial charge in [-0.15, -0.1) is 0 Å². The highest BCUT2D eigenvalue weighted by atomic mass is 15.0. The van der Waals surface area contributed by atoms with Gasteiger partial charge in [-0.2, -0.15) is 0 Å². The molecule has 0 aliphatic rings. The molecule has 0 spiro atoms. The van der Waals surface area contributed by atoms with E-state index in [1.807, 2.05) is 0 Å². The second-order valence-electron chi connectivity index (χ2n) is 27.1. The number of hydrogen-bond donors (Lipinski definition) is 0. The van der Waals surface area contributed by atoms with Crippen LogP contribution in [-0.4, -0.2) is 18.3 Å². The molecule has 100 heavy (non-hydrogen) atoms. The van der Waals surface area contributed by atoms with Crippen LogP contribution < -0.4 is 0 Å². The maximum Gasteiger partial charge on any atom is 0.0547 e. The molecule has 4 aromatic heterocycles. The number of aromatic nitrogens is 4. The van der Waals surface area contributed by atoms with Crippen molar-refractivity contribution >= 4 is 152 Å². The molecule has 4 heteroatoms. The van der Waals surface area contributed by atoms with Gasteiger partial charge in [-0.3, -0.25) is 0 Å². The zero-order chi connectivity index (χ0) is 65.3. The quantitative estimate of drug-likeness (QED) is 0.142. The largest absolute Gasteiger partial charge is 0.309 e. The molecule has 0 radical (unpaired) electrons. The topological polar surface area (TPSA) is 19.7 Å². The van der Waals surface area contributed by atoms with Crippen molar-refractivity contribution in [2.45, 2.75) is 0 Å². The van der Waals surface area contributed by atoms with E-state index in [4.69, 9.17) is 0 Å². The van der Waals surface area contributed by atoms with Crippen molar-refractivity contribution < 1.29 is 0 Å². The van der Waals surface area contributed by atoms with Gasteiger partial charge in [0.05, 0.1) is 49.8 Å². The Labute approximate surface area is 574 Å². The molecule has 4 nitrogen and oxygen atoms in total. The predicted octanol–water partition coefficient (Wildman–Crippen LogP) is 26.0. The zero-order valence-corrected chi connectivity index (χ0v) is 54.3. The molecular weight excluding hydrogens is 1210 g/mol. The Balaban J connectivity index is 0.711. The van der Waals surface area contributed by atoms with Gasteiger partial charge in [-0.1, -0.05) is 243 Å². The first-order chi connectivity index (χ1) is 49.6. The van der Waals surface area contributed by atoms with Gasteiger partial charge < -0.3 is 18.3 Å². The molecule has 0 saturated carbocycles. The van der Waals surface area contributed by atoms with E-state index >= 15 is 0 Å². The molecule has 0 atom stereocenters. The lowest BCUT2D eigenvalue weighted by Gasteiger charge is -2.16. The van der Waals surface area contributed by atoms with Crippen LogP contribution >= 0.6 is 0 Å². The third-order valence-corrected chi connectivity index (χ3v) is 21.9. The Morgan fingerprint density at radius 2 is 0.550 bits per heavy atom. The van der Waals surface area contributed by atoms with E-state index in [9.17, 15) is 0 Å². The van der Waals surface area contributed by atoms with Gasteiger partial charge in [0, 0.05) is 65.5 Å². The summed E-state index contributed by atoms with van der Waals surface area (Å²) in [5.74, 6) is 0. The van der Waals surface area contributed by atoms with Crippen molar-refractivity contribution in [2.24, 2.45) is 0 Å². The second kappa shape index (κ2) is 21.1. The van der Waals surface area contributed by atoms with Crippen LogP contribution in [0, 0.1) is 0 Å². The minimum Gasteiger partial charge on any atom is -0.309 e.